The first kappa shape index (κ1) is 17.8. The van der Waals surface area contributed by atoms with E-state index in [1.54, 1.807) is 25.3 Å². The Hall–Kier alpha value is -2.55. The molecule has 8 nitrogen and oxygen atoms in total. The molecule has 0 aliphatic carbocycles. The van der Waals surface area contributed by atoms with Crippen molar-refractivity contribution in [1.82, 2.24) is 15.5 Å². The summed E-state index contributed by atoms with van der Waals surface area (Å²) in [5, 5.41) is 9.01. The average molecular weight is 350 g/mol. The van der Waals surface area contributed by atoms with Gasteiger partial charge in [0.25, 0.3) is 0 Å². The van der Waals surface area contributed by atoms with Crippen molar-refractivity contribution < 1.29 is 18.8 Å². The molecule has 9 heteroatoms. The highest BCUT2D eigenvalue weighted by molar-refractivity contribution is 8.00. The van der Waals surface area contributed by atoms with Gasteiger partial charge in [-0.3, -0.25) is 9.59 Å². The molecular weight excluding hydrogens is 332 g/mol. The van der Waals surface area contributed by atoms with Gasteiger partial charge in [-0.2, -0.15) is 0 Å². The zero-order valence-electron chi connectivity index (χ0n) is 13.4. The van der Waals surface area contributed by atoms with Crippen molar-refractivity contribution in [2.24, 2.45) is 0 Å². The minimum Gasteiger partial charge on any atom is -0.481 e. The van der Waals surface area contributed by atoms with Crippen molar-refractivity contribution in [2.75, 3.05) is 23.9 Å². The monoisotopic (exact) mass is 350 g/mol. The van der Waals surface area contributed by atoms with Crippen LogP contribution in [0.15, 0.2) is 28.9 Å². The van der Waals surface area contributed by atoms with E-state index < -0.39 is 0 Å². The molecule has 0 fully saturated rings. The number of carbonyl (C=O) groups is 2. The van der Waals surface area contributed by atoms with E-state index in [2.05, 4.69) is 20.8 Å². The normalized spacial score (nSPS) is 10.2. The average Bonchev–Trinajstić information content (AvgIpc) is 2.98. The third kappa shape index (κ3) is 5.58. The first-order valence-electron chi connectivity index (χ1n) is 7.14. The van der Waals surface area contributed by atoms with Crippen LogP contribution in [0.1, 0.15) is 11.3 Å². The largest absolute Gasteiger partial charge is 0.481 e. The molecule has 0 atom stereocenters. The zero-order chi connectivity index (χ0) is 17.4. The summed E-state index contributed by atoms with van der Waals surface area (Å²) >= 11 is 1.21. The number of amides is 2. The number of anilines is 1. The number of nitrogens with zero attached hydrogens (tertiary/aromatic N) is 2. The fourth-order valence-corrected chi connectivity index (χ4v) is 2.48. The molecule has 2 amide bonds. The Morgan fingerprint density at radius 3 is 2.83 bits per heavy atom. The molecule has 0 bridgehead atoms. The molecule has 0 saturated heterocycles. The quantitative estimate of drug-likeness (QED) is 0.740. The van der Waals surface area contributed by atoms with E-state index in [-0.39, 0.29) is 23.3 Å². The highest BCUT2D eigenvalue weighted by atomic mass is 32.2. The molecule has 2 aromatic rings. The van der Waals surface area contributed by atoms with Crippen LogP contribution in [0.25, 0.3) is 0 Å². The number of aromatic nitrogens is 2. The van der Waals surface area contributed by atoms with Crippen LogP contribution in [0, 0.1) is 6.92 Å². The van der Waals surface area contributed by atoms with E-state index in [0.29, 0.717) is 24.0 Å². The van der Waals surface area contributed by atoms with Gasteiger partial charge in [-0.05, 0) is 13.0 Å². The predicted molar refractivity (Wildman–Crippen MR) is 89.8 cm³/mol. The van der Waals surface area contributed by atoms with Crippen molar-refractivity contribution in [3.05, 3.63) is 35.7 Å². The Bertz CT molecular complexity index is 704. The fourth-order valence-electron chi connectivity index (χ4n) is 1.83. The standard InChI is InChI=1S/C15H18N4O4S/c1-10-6-12(19-23-10)18-14(21)9-24-8-13(20)17-7-11-4-3-5-16-15(11)22-2/h3-6H,7-9H2,1-2H3,(H,17,20)(H,18,19,21). The molecule has 2 aromatic heterocycles. The van der Waals surface area contributed by atoms with Gasteiger partial charge in [-0.1, -0.05) is 11.2 Å². The summed E-state index contributed by atoms with van der Waals surface area (Å²) in [6.45, 7) is 2.06. The van der Waals surface area contributed by atoms with Crippen LogP contribution in [-0.4, -0.2) is 40.6 Å². The van der Waals surface area contributed by atoms with Crippen molar-refractivity contribution in [3.63, 3.8) is 0 Å². The van der Waals surface area contributed by atoms with Crippen LogP contribution in [-0.2, 0) is 16.1 Å². The first-order valence-corrected chi connectivity index (χ1v) is 8.29. The Labute approximate surface area is 143 Å². The number of pyridine rings is 1. The van der Waals surface area contributed by atoms with E-state index in [1.807, 2.05) is 6.07 Å². The Morgan fingerprint density at radius 2 is 2.12 bits per heavy atom. The molecule has 2 heterocycles. The maximum Gasteiger partial charge on any atom is 0.235 e. The summed E-state index contributed by atoms with van der Waals surface area (Å²) < 4.78 is 9.96. The minimum absolute atomic E-state index is 0.148. The van der Waals surface area contributed by atoms with Gasteiger partial charge in [0, 0.05) is 24.4 Å². The van der Waals surface area contributed by atoms with Gasteiger partial charge in [-0.25, -0.2) is 4.98 Å². The molecule has 0 saturated carbocycles. The summed E-state index contributed by atoms with van der Waals surface area (Å²) in [5.74, 6) is 1.37. The molecule has 0 aliphatic heterocycles. The van der Waals surface area contributed by atoms with Gasteiger partial charge in [0.1, 0.15) is 5.76 Å². The van der Waals surface area contributed by atoms with Crippen molar-refractivity contribution in [3.8, 4) is 5.88 Å². The van der Waals surface area contributed by atoms with E-state index in [4.69, 9.17) is 9.26 Å². The number of hydrogen-bond acceptors (Lipinski definition) is 7. The summed E-state index contributed by atoms with van der Waals surface area (Å²) in [7, 11) is 1.53. The Balaban J connectivity index is 1.67. The van der Waals surface area contributed by atoms with Crippen LogP contribution in [0.4, 0.5) is 5.82 Å². The summed E-state index contributed by atoms with van der Waals surface area (Å²) in [4.78, 5) is 27.6. The molecule has 0 aromatic carbocycles. The van der Waals surface area contributed by atoms with Crippen LogP contribution in [0.5, 0.6) is 5.88 Å². The number of rotatable bonds is 8. The van der Waals surface area contributed by atoms with Gasteiger partial charge in [0.05, 0.1) is 18.6 Å². The number of thioether (sulfide) groups is 1. The lowest BCUT2D eigenvalue weighted by molar-refractivity contribution is -0.118. The lowest BCUT2D eigenvalue weighted by atomic mass is 10.2. The van der Waals surface area contributed by atoms with Gasteiger partial charge in [-0.15, -0.1) is 11.8 Å². The summed E-state index contributed by atoms with van der Waals surface area (Å²) in [6.07, 6.45) is 1.62. The van der Waals surface area contributed by atoms with Crippen LogP contribution >= 0.6 is 11.8 Å². The van der Waals surface area contributed by atoms with E-state index >= 15 is 0 Å². The molecule has 128 valence electrons. The van der Waals surface area contributed by atoms with E-state index in [1.165, 1.54) is 18.9 Å². The zero-order valence-corrected chi connectivity index (χ0v) is 14.2. The molecule has 2 rings (SSSR count). The molecule has 2 N–H and O–H groups in total. The molecule has 0 radical (unpaired) electrons. The fraction of sp³-hybridized carbons (Fsp3) is 0.333. The van der Waals surface area contributed by atoms with Crippen LogP contribution in [0.2, 0.25) is 0 Å². The minimum atomic E-state index is -0.241. The molecule has 0 unspecified atom stereocenters. The summed E-state index contributed by atoms with van der Waals surface area (Å²) in [5.41, 5.74) is 0.789. The van der Waals surface area contributed by atoms with Crippen LogP contribution < -0.4 is 15.4 Å². The maximum atomic E-state index is 11.8. The lowest BCUT2D eigenvalue weighted by Crippen LogP contribution is -2.26. The molecular formula is C15H18N4O4S. The number of nitrogens with one attached hydrogen (secondary N) is 2. The lowest BCUT2D eigenvalue weighted by Gasteiger charge is -2.08. The van der Waals surface area contributed by atoms with Gasteiger partial charge in [0.2, 0.25) is 17.7 Å². The van der Waals surface area contributed by atoms with Crippen LogP contribution in [0.3, 0.4) is 0 Å². The van der Waals surface area contributed by atoms with Gasteiger partial charge < -0.3 is 19.9 Å². The highest BCUT2D eigenvalue weighted by Gasteiger charge is 2.09. The maximum absolute atomic E-state index is 11.8. The summed E-state index contributed by atoms with van der Waals surface area (Å²) in [6, 6.07) is 5.22. The predicted octanol–water partition coefficient (Wildman–Crippen LogP) is 1.37. The van der Waals surface area contributed by atoms with Gasteiger partial charge in [0.15, 0.2) is 5.82 Å². The van der Waals surface area contributed by atoms with Crippen molar-refractivity contribution in [2.45, 2.75) is 13.5 Å². The third-order valence-electron chi connectivity index (χ3n) is 2.88. The second kappa shape index (κ2) is 8.92. The smallest absolute Gasteiger partial charge is 0.235 e. The Kier molecular flexibility index (Phi) is 6.62. The SMILES string of the molecule is COc1ncccc1CNC(=O)CSCC(=O)Nc1cc(C)on1. The number of aryl methyl sites for hydroxylation is 1. The Morgan fingerprint density at radius 1 is 1.33 bits per heavy atom. The number of ether oxygens (including phenoxy) is 1. The van der Waals surface area contributed by atoms with Gasteiger partial charge >= 0.3 is 0 Å². The second-order valence-electron chi connectivity index (χ2n) is 4.81. The first-order chi connectivity index (χ1) is 11.6. The molecule has 24 heavy (non-hydrogen) atoms. The number of hydrogen-bond donors (Lipinski definition) is 2. The highest BCUT2D eigenvalue weighted by Crippen LogP contribution is 2.13. The molecule has 0 aliphatic rings. The number of carbonyl (C=O) groups excluding carboxylic acids is 2. The van der Waals surface area contributed by atoms with E-state index in [9.17, 15) is 9.59 Å². The third-order valence-corrected chi connectivity index (χ3v) is 3.81. The number of methoxy groups -OCH3 is 1. The molecule has 0 spiro atoms. The van der Waals surface area contributed by atoms with E-state index in [0.717, 1.165) is 5.56 Å². The topological polar surface area (TPSA) is 106 Å². The van der Waals surface area contributed by atoms with Crippen molar-refractivity contribution >= 4 is 29.4 Å². The van der Waals surface area contributed by atoms with Crippen molar-refractivity contribution in [1.29, 1.82) is 0 Å². The second-order valence-corrected chi connectivity index (χ2v) is 5.80.